The van der Waals surface area contributed by atoms with Crippen molar-refractivity contribution in [2.24, 2.45) is 5.41 Å². The molecule has 1 saturated carbocycles. The van der Waals surface area contributed by atoms with Crippen LogP contribution in [0.5, 0.6) is 0 Å². The van der Waals surface area contributed by atoms with Gasteiger partial charge in [0.2, 0.25) is 5.91 Å². The Morgan fingerprint density at radius 2 is 1.70 bits per heavy atom. The van der Waals surface area contributed by atoms with Gasteiger partial charge in [0.25, 0.3) is 0 Å². The van der Waals surface area contributed by atoms with Crippen LogP contribution in [-0.2, 0) is 14.3 Å². The van der Waals surface area contributed by atoms with Crippen molar-refractivity contribution in [3.05, 3.63) is 0 Å². The van der Waals surface area contributed by atoms with Crippen LogP contribution in [0, 0.1) is 5.41 Å². The van der Waals surface area contributed by atoms with E-state index in [9.17, 15) is 9.59 Å². The molecule has 2 fully saturated rings. The fraction of sp³-hybridized carbons (Fsp3) is 0.867. The summed E-state index contributed by atoms with van der Waals surface area (Å²) in [5.41, 5.74) is -0.117. The third-order valence-corrected chi connectivity index (χ3v) is 4.74. The van der Waals surface area contributed by atoms with Crippen LogP contribution in [0.2, 0.25) is 0 Å². The summed E-state index contributed by atoms with van der Waals surface area (Å²) in [4.78, 5) is 28.0. The highest BCUT2D eigenvalue weighted by atomic mass is 16.5. The van der Waals surface area contributed by atoms with Gasteiger partial charge >= 0.3 is 5.97 Å². The normalized spacial score (nSPS) is 22.8. The molecule has 1 aliphatic heterocycles. The van der Waals surface area contributed by atoms with Crippen molar-refractivity contribution in [2.45, 2.75) is 39.0 Å². The predicted molar refractivity (Wildman–Crippen MR) is 76.2 cm³/mol. The van der Waals surface area contributed by atoms with E-state index in [0.717, 1.165) is 45.6 Å². The molecule has 1 heterocycles. The second-order valence-electron chi connectivity index (χ2n) is 6.23. The third kappa shape index (κ3) is 3.51. The lowest BCUT2D eigenvalue weighted by atomic mass is 9.87. The van der Waals surface area contributed by atoms with E-state index in [-0.39, 0.29) is 11.4 Å². The first-order valence-electron chi connectivity index (χ1n) is 7.64. The SMILES string of the molecule is COC(=O)CCN1CCN(C(=O)C2(C)CCCC2)CC1. The molecule has 5 heteroatoms. The van der Waals surface area contributed by atoms with Crippen LogP contribution < -0.4 is 0 Å². The van der Waals surface area contributed by atoms with Gasteiger partial charge in [0.05, 0.1) is 13.5 Å². The fourth-order valence-corrected chi connectivity index (χ4v) is 3.28. The topological polar surface area (TPSA) is 49.9 Å². The molecule has 1 saturated heterocycles. The quantitative estimate of drug-likeness (QED) is 0.729. The van der Waals surface area contributed by atoms with Gasteiger partial charge in [-0.25, -0.2) is 0 Å². The number of ether oxygens (including phenoxy) is 1. The molecular formula is C15H26N2O3. The zero-order valence-electron chi connectivity index (χ0n) is 12.7. The summed E-state index contributed by atoms with van der Waals surface area (Å²) in [6, 6.07) is 0. The molecule has 0 aromatic rings. The number of methoxy groups -OCH3 is 1. The average molecular weight is 282 g/mol. The molecule has 5 nitrogen and oxygen atoms in total. The van der Waals surface area contributed by atoms with Crippen molar-refractivity contribution in [3.8, 4) is 0 Å². The highest BCUT2D eigenvalue weighted by Crippen LogP contribution is 2.39. The minimum atomic E-state index is -0.165. The van der Waals surface area contributed by atoms with Crippen LogP contribution in [0.3, 0.4) is 0 Å². The van der Waals surface area contributed by atoms with Gasteiger partial charge in [-0.05, 0) is 12.8 Å². The molecule has 2 rings (SSSR count). The Morgan fingerprint density at radius 3 is 2.25 bits per heavy atom. The fourth-order valence-electron chi connectivity index (χ4n) is 3.28. The second kappa shape index (κ2) is 6.57. The Bertz CT molecular complexity index is 356. The number of nitrogens with zero attached hydrogens (tertiary/aromatic N) is 2. The van der Waals surface area contributed by atoms with E-state index in [1.807, 2.05) is 4.90 Å². The molecule has 2 aliphatic rings. The van der Waals surface area contributed by atoms with Crippen LogP contribution in [-0.4, -0.2) is 61.5 Å². The number of rotatable bonds is 4. The highest BCUT2D eigenvalue weighted by molar-refractivity contribution is 5.82. The van der Waals surface area contributed by atoms with Crippen LogP contribution in [0.1, 0.15) is 39.0 Å². The summed E-state index contributed by atoms with van der Waals surface area (Å²) in [6.07, 6.45) is 4.87. The molecule has 0 N–H and O–H groups in total. The third-order valence-electron chi connectivity index (χ3n) is 4.74. The van der Waals surface area contributed by atoms with Crippen molar-refractivity contribution in [2.75, 3.05) is 39.8 Å². The van der Waals surface area contributed by atoms with Crippen LogP contribution in [0.15, 0.2) is 0 Å². The Balaban J connectivity index is 1.76. The Labute approximate surface area is 121 Å². The molecule has 0 aromatic heterocycles. The molecule has 0 spiro atoms. The number of carbonyl (C=O) groups is 2. The second-order valence-corrected chi connectivity index (χ2v) is 6.23. The molecular weight excluding hydrogens is 256 g/mol. The van der Waals surface area contributed by atoms with Crippen LogP contribution in [0.4, 0.5) is 0 Å². The van der Waals surface area contributed by atoms with Crippen LogP contribution >= 0.6 is 0 Å². The summed E-state index contributed by atoms with van der Waals surface area (Å²) in [6.45, 7) is 6.14. The number of hydrogen-bond donors (Lipinski definition) is 0. The largest absolute Gasteiger partial charge is 0.469 e. The molecule has 0 bridgehead atoms. The average Bonchev–Trinajstić information content (AvgIpc) is 2.92. The maximum Gasteiger partial charge on any atom is 0.306 e. The first-order chi connectivity index (χ1) is 9.55. The minimum absolute atomic E-state index is 0.117. The molecule has 0 atom stereocenters. The van der Waals surface area contributed by atoms with Crippen molar-refractivity contribution >= 4 is 11.9 Å². The molecule has 20 heavy (non-hydrogen) atoms. The van der Waals surface area contributed by atoms with E-state index in [2.05, 4.69) is 16.6 Å². The van der Waals surface area contributed by atoms with Gasteiger partial charge in [-0.15, -0.1) is 0 Å². The van der Waals surface area contributed by atoms with Crippen LogP contribution in [0.25, 0.3) is 0 Å². The monoisotopic (exact) mass is 282 g/mol. The predicted octanol–water partition coefficient (Wildman–Crippen LogP) is 1.27. The Hall–Kier alpha value is -1.10. The van der Waals surface area contributed by atoms with E-state index >= 15 is 0 Å². The maximum absolute atomic E-state index is 12.6. The summed E-state index contributed by atoms with van der Waals surface area (Å²) in [5, 5.41) is 0. The zero-order valence-corrected chi connectivity index (χ0v) is 12.7. The summed E-state index contributed by atoms with van der Waals surface area (Å²) >= 11 is 0. The van der Waals surface area contributed by atoms with Gasteiger partial charge in [0.1, 0.15) is 0 Å². The molecule has 0 radical (unpaired) electrons. The van der Waals surface area contributed by atoms with E-state index < -0.39 is 0 Å². The first kappa shape index (κ1) is 15.3. The lowest BCUT2D eigenvalue weighted by molar-refractivity contribution is -0.144. The minimum Gasteiger partial charge on any atom is -0.469 e. The smallest absolute Gasteiger partial charge is 0.306 e. The standard InChI is InChI=1S/C15H26N2O3/c1-15(6-3-4-7-15)14(19)17-11-9-16(10-12-17)8-5-13(18)20-2/h3-12H2,1-2H3. The van der Waals surface area contributed by atoms with E-state index in [1.54, 1.807) is 0 Å². The van der Waals surface area contributed by atoms with Crippen molar-refractivity contribution in [1.82, 2.24) is 9.80 Å². The number of hydrogen-bond acceptors (Lipinski definition) is 4. The number of amides is 1. The summed E-state index contributed by atoms with van der Waals surface area (Å²) in [5.74, 6) is 0.171. The highest BCUT2D eigenvalue weighted by Gasteiger charge is 2.39. The van der Waals surface area contributed by atoms with Gasteiger partial charge in [0, 0.05) is 38.1 Å². The van der Waals surface area contributed by atoms with Crippen molar-refractivity contribution in [1.29, 1.82) is 0 Å². The molecule has 1 aliphatic carbocycles. The molecule has 0 aromatic carbocycles. The zero-order chi connectivity index (χ0) is 14.6. The van der Waals surface area contributed by atoms with Gasteiger partial charge in [0.15, 0.2) is 0 Å². The lowest BCUT2D eigenvalue weighted by Gasteiger charge is -2.38. The maximum atomic E-state index is 12.6. The first-order valence-corrected chi connectivity index (χ1v) is 7.64. The van der Waals surface area contributed by atoms with Gasteiger partial charge in [-0.3, -0.25) is 14.5 Å². The Morgan fingerprint density at radius 1 is 1.10 bits per heavy atom. The number of esters is 1. The van der Waals surface area contributed by atoms with Crippen molar-refractivity contribution in [3.63, 3.8) is 0 Å². The van der Waals surface area contributed by atoms with Gasteiger partial charge in [-0.2, -0.15) is 0 Å². The summed E-state index contributed by atoms with van der Waals surface area (Å²) < 4.78 is 4.65. The lowest BCUT2D eigenvalue weighted by Crippen LogP contribution is -2.52. The summed E-state index contributed by atoms with van der Waals surface area (Å²) in [7, 11) is 1.42. The van der Waals surface area contributed by atoms with Gasteiger partial charge < -0.3 is 9.64 Å². The van der Waals surface area contributed by atoms with E-state index in [4.69, 9.17) is 0 Å². The van der Waals surface area contributed by atoms with Gasteiger partial charge in [-0.1, -0.05) is 19.8 Å². The molecule has 0 unspecified atom stereocenters. The number of carbonyl (C=O) groups excluding carboxylic acids is 2. The molecule has 114 valence electrons. The molecule has 1 amide bonds. The number of piperazine rings is 1. The van der Waals surface area contributed by atoms with Crippen molar-refractivity contribution < 1.29 is 14.3 Å². The van der Waals surface area contributed by atoms with E-state index in [0.29, 0.717) is 12.3 Å². The van der Waals surface area contributed by atoms with E-state index in [1.165, 1.54) is 20.0 Å². The Kier molecular flexibility index (Phi) is 5.02.